The zero-order valence-corrected chi connectivity index (χ0v) is 10.6. The molecule has 0 rings (SSSR count). The molecule has 0 saturated carbocycles. The number of nitrogens with one attached hydrogen (secondary N) is 1. The van der Waals surface area contributed by atoms with Gasteiger partial charge in [0.1, 0.15) is 0 Å². The van der Waals surface area contributed by atoms with E-state index in [-0.39, 0.29) is 0 Å². The molecule has 0 heterocycles. The van der Waals surface area contributed by atoms with Crippen LogP contribution in [0, 0.1) is 11.3 Å². The average molecular weight is 203 g/mol. The molecule has 0 aliphatic rings. The first-order chi connectivity index (χ1) is 6.06. The van der Waals surface area contributed by atoms with E-state index in [0.29, 0.717) is 5.41 Å². The molecule has 0 radical (unpaired) electrons. The number of hydrogen-bond donors (Lipinski definition) is 1. The van der Waals surface area contributed by atoms with Crippen LogP contribution in [0.5, 0.6) is 0 Å². The van der Waals surface area contributed by atoms with E-state index in [1.165, 1.54) is 12.2 Å². The lowest BCUT2D eigenvalue weighted by Crippen LogP contribution is -2.36. The summed E-state index contributed by atoms with van der Waals surface area (Å²) in [5.74, 6) is 2.04. The third-order valence-corrected chi connectivity index (χ3v) is 3.66. The van der Waals surface area contributed by atoms with Crippen molar-refractivity contribution in [2.75, 3.05) is 25.1 Å². The van der Waals surface area contributed by atoms with Gasteiger partial charge in [0, 0.05) is 6.54 Å². The van der Waals surface area contributed by atoms with Crippen LogP contribution in [0.15, 0.2) is 0 Å². The van der Waals surface area contributed by atoms with Crippen LogP contribution in [0.25, 0.3) is 0 Å². The van der Waals surface area contributed by atoms with Gasteiger partial charge in [0.05, 0.1) is 0 Å². The van der Waals surface area contributed by atoms with Crippen molar-refractivity contribution in [2.24, 2.45) is 11.3 Å². The Hall–Kier alpha value is 0.310. The number of hydrogen-bond acceptors (Lipinski definition) is 2. The normalized spacial score (nSPS) is 16.2. The van der Waals surface area contributed by atoms with E-state index in [9.17, 15) is 0 Å². The van der Waals surface area contributed by atoms with Gasteiger partial charge in [-0.05, 0) is 36.3 Å². The van der Waals surface area contributed by atoms with Crippen LogP contribution in [-0.4, -0.2) is 25.1 Å². The second-order valence-electron chi connectivity index (χ2n) is 4.33. The van der Waals surface area contributed by atoms with E-state index in [0.717, 1.165) is 19.0 Å². The Morgan fingerprint density at radius 3 is 2.38 bits per heavy atom. The zero-order valence-electron chi connectivity index (χ0n) is 9.81. The fourth-order valence-corrected chi connectivity index (χ4v) is 2.00. The number of thioether (sulfide) groups is 1. The summed E-state index contributed by atoms with van der Waals surface area (Å²) >= 11 is 1.95. The molecule has 0 amide bonds. The topological polar surface area (TPSA) is 12.0 Å². The minimum absolute atomic E-state index is 0.471. The van der Waals surface area contributed by atoms with Gasteiger partial charge in [0.25, 0.3) is 0 Å². The lowest BCUT2D eigenvalue weighted by Gasteiger charge is -2.34. The van der Waals surface area contributed by atoms with Gasteiger partial charge >= 0.3 is 0 Å². The first-order valence-electron chi connectivity index (χ1n) is 5.26. The van der Waals surface area contributed by atoms with Gasteiger partial charge in [-0.2, -0.15) is 11.8 Å². The van der Waals surface area contributed by atoms with Gasteiger partial charge in [0.15, 0.2) is 0 Å². The van der Waals surface area contributed by atoms with Crippen molar-refractivity contribution in [1.29, 1.82) is 0 Å². The molecule has 1 N–H and O–H groups in total. The van der Waals surface area contributed by atoms with Gasteiger partial charge in [-0.1, -0.05) is 27.7 Å². The van der Waals surface area contributed by atoms with Crippen molar-refractivity contribution in [3.8, 4) is 0 Å². The Labute approximate surface area is 88.1 Å². The Morgan fingerprint density at radius 2 is 2.00 bits per heavy atom. The molecule has 0 spiro atoms. The summed E-state index contributed by atoms with van der Waals surface area (Å²) in [5.41, 5.74) is 0.471. The minimum Gasteiger partial charge on any atom is -0.316 e. The average Bonchev–Trinajstić information content (AvgIpc) is 2.11. The third-order valence-electron chi connectivity index (χ3n) is 3.05. The predicted octanol–water partition coefficient (Wildman–Crippen LogP) is 3.01. The highest BCUT2D eigenvalue weighted by atomic mass is 32.2. The Morgan fingerprint density at radius 1 is 1.38 bits per heavy atom. The smallest absolute Gasteiger partial charge is 0.000779 e. The van der Waals surface area contributed by atoms with Crippen LogP contribution >= 0.6 is 11.8 Å². The van der Waals surface area contributed by atoms with Crippen molar-refractivity contribution in [3.05, 3.63) is 0 Å². The molecule has 2 heteroatoms. The molecule has 0 bridgehead atoms. The minimum atomic E-state index is 0.471. The quantitative estimate of drug-likeness (QED) is 0.682. The molecule has 0 aliphatic carbocycles. The Balaban J connectivity index is 4.00. The molecule has 0 aromatic carbocycles. The van der Waals surface area contributed by atoms with Crippen LogP contribution < -0.4 is 5.32 Å². The van der Waals surface area contributed by atoms with E-state index in [1.54, 1.807) is 0 Å². The predicted molar refractivity (Wildman–Crippen MR) is 64.5 cm³/mol. The SMILES string of the molecule is CCNCC(C)(CCSC)C(C)C. The summed E-state index contributed by atoms with van der Waals surface area (Å²) in [7, 11) is 0. The standard InChI is InChI=1S/C11H25NS/c1-6-12-9-11(4,10(2)3)7-8-13-5/h10,12H,6-9H2,1-5H3. The van der Waals surface area contributed by atoms with E-state index in [2.05, 4.69) is 39.3 Å². The maximum Gasteiger partial charge on any atom is 0.000779 e. The first-order valence-corrected chi connectivity index (χ1v) is 6.66. The lowest BCUT2D eigenvalue weighted by molar-refractivity contribution is 0.204. The summed E-state index contributed by atoms with van der Waals surface area (Å²) in [5, 5.41) is 3.47. The summed E-state index contributed by atoms with van der Waals surface area (Å²) in [6.07, 6.45) is 3.51. The molecule has 0 fully saturated rings. The Bertz CT molecular complexity index is 115. The van der Waals surface area contributed by atoms with Crippen molar-refractivity contribution in [3.63, 3.8) is 0 Å². The van der Waals surface area contributed by atoms with Gasteiger partial charge in [-0.15, -0.1) is 0 Å². The van der Waals surface area contributed by atoms with Gasteiger partial charge < -0.3 is 5.32 Å². The van der Waals surface area contributed by atoms with Crippen LogP contribution in [-0.2, 0) is 0 Å². The molecule has 13 heavy (non-hydrogen) atoms. The van der Waals surface area contributed by atoms with Gasteiger partial charge in [-0.25, -0.2) is 0 Å². The highest BCUT2D eigenvalue weighted by Gasteiger charge is 2.26. The molecule has 1 atom stereocenters. The molecule has 0 aliphatic heterocycles. The highest BCUT2D eigenvalue weighted by molar-refractivity contribution is 7.98. The molecule has 1 unspecified atom stereocenters. The number of rotatable bonds is 7. The lowest BCUT2D eigenvalue weighted by atomic mass is 9.77. The second kappa shape index (κ2) is 6.72. The van der Waals surface area contributed by atoms with Crippen molar-refractivity contribution < 1.29 is 0 Å². The molecule has 0 aromatic rings. The zero-order chi connectivity index (χ0) is 10.3. The molecular weight excluding hydrogens is 178 g/mol. The van der Waals surface area contributed by atoms with E-state index < -0.39 is 0 Å². The van der Waals surface area contributed by atoms with Crippen LogP contribution in [0.4, 0.5) is 0 Å². The molecule has 0 saturated heterocycles. The van der Waals surface area contributed by atoms with Crippen LogP contribution in [0.3, 0.4) is 0 Å². The summed E-state index contributed by atoms with van der Waals surface area (Å²) in [4.78, 5) is 0. The molecular formula is C11H25NS. The van der Waals surface area contributed by atoms with Gasteiger partial charge in [0.2, 0.25) is 0 Å². The van der Waals surface area contributed by atoms with Gasteiger partial charge in [-0.3, -0.25) is 0 Å². The van der Waals surface area contributed by atoms with E-state index in [4.69, 9.17) is 0 Å². The van der Waals surface area contributed by atoms with Crippen LogP contribution in [0.1, 0.15) is 34.1 Å². The summed E-state index contributed by atoms with van der Waals surface area (Å²) < 4.78 is 0. The summed E-state index contributed by atoms with van der Waals surface area (Å²) in [6, 6.07) is 0. The second-order valence-corrected chi connectivity index (χ2v) is 5.32. The maximum absolute atomic E-state index is 3.47. The van der Waals surface area contributed by atoms with Crippen LogP contribution in [0.2, 0.25) is 0 Å². The largest absolute Gasteiger partial charge is 0.316 e. The fourth-order valence-electron chi connectivity index (χ4n) is 1.33. The third kappa shape index (κ3) is 4.92. The summed E-state index contributed by atoms with van der Waals surface area (Å²) in [6.45, 7) is 11.5. The van der Waals surface area contributed by atoms with Crippen molar-refractivity contribution in [2.45, 2.75) is 34.1 Å². The van der Waals surface area contributed by atoms with Crippen molar-refractivity contribution >= 4 is 11.8 Å². The fraction of sp³-hybridized carbons (Fsp3) is 1.00. The monoisotopic (exact) mass is 203 g/mol. The Kier molecular flexibility index (Phi) is 6.88. The molecule has 0 aromatic heterocycles. The first kappa shape index (κ1) is 13.3. The maximum atomic E-state index is 3.47. The van der Waals surface area contributed by atoms with E-state index in [1.807, 2.05) is 11.8 Å². The molecule has 1 nitrogen and oxygen atoms in total. The molecule has 80 valence electrons. The highest BCUT2D eigenvalue weighted by Crippen LogP contribution is 2.31. The van der Waals surface area contributed by atoms with Crippen molar-refractivity contribution in [1.82, 2.24) is 5.32 Å². The van der Waals surface area contributed by atoms with E-state index >= 15 is 0 Å².